The number of fused-ring (bicyclic) bond motifs is 1. The van der Waals surface area contributed by atoms with Crippen LogP contribution in [0.4, 0.5) is 9.18 Å². The van der Waals surface area contributed by atoms with Crippen molar-refractivity contribution in [2.75, 3.05) is 52.9 Å². The van der Waals surface area contributed by atoms with Gasteiger partial charge < -0.3 is 19.9 Å². The number of nitriles is 1. The number of alkyl carbamates (subject to hydrolysis) is 1. The number of piperidine rings is 1. The quantitative estimate of drug-likeness (QED) is 0.360. The minimum Gasteiger partial charge on any atom is -0.444 e. The smallest absolute Gasteiger partial charge is 0.407 e. The standard InChI is InChI=1S/C37H50FN5O3/c1-37(2,3)46-36(45)40-22-26-13-17-43(18-14-26)32-24-42(25-32)16-15-30(28-9-11-31(38)12-10-28)23-41(4)35(44)34-20-27(21-39)19-29-7-5-6-8-33(29)34/h9-12,19-20,26,30,32H,5-8,13-18,22-25H2,1-4H3,(H,40,45)/t30-/m1/s1. The summed E-state index contributed by atoms with van der Waals surface area (Å²) in [5.41, 5.74) is 3.97. The molecule has 2 fully saturated rings. The summed E-state index contributed by atoms with van der Waals surface area (Å²) in [6.45, 7) is 11.9. The Hall–Kier alpha value is -3.48. The fraction of sp³-hybridized carbons (Fsp3) is 0.595. The van der Waals surface area contributed by atoms with Gasteiger partial charge in [0, 0.05) is 50.7 Å². The van der Waals surface area contributed by atoms with Crippen LogP contribution in [0, 0.1) is 23.1 Å². The van der Waals surface area contributed by atoms with E-state index in [1.807, 2.05) is 46.0 Å². The summed E-state index contributed by atoms with van der Waals surface area (Å²) in [6.07, 6.45) is 6.58. The van der Waals surface area contributed by atoms with Crippen LogP contribution in [0.2, 0.25) is 0 Å². The molecule has 2 aromatic rings. The first-order valence-electron chi connectivity index (χ1n) is 17.0. The highest BCUT2D eigenvalue weighted by Crippen LogP contribution is 2.30. The maximum absolute atomic E-state index is 13.8. The third kappa shape index (κ3) is 8.86. The minimum atomic E-state index is -0.485. The molecule has 2 saturated heterocycles. The fourth-order valence-electron chi connectivity index (χ4n) is 7.20. The third-order valence-corrected chi connectivity index (χ3v) is 9.84. The number of nitrogens with zero attached hydrogens (tertiary/aromatic N) is 4. The van der Waals surface area contributed by atoms with Crippen molar-refractivity contribution in [1.82, 2.24) is 20.0 Å². The molecule has 46 heavy (non-hydrogen) atoms. The van der Waals surface area contributed by atoms with Crippen LogP contribution in [-0.4, -0.2) is 91.2 Å². The van der Waals surface area contributed by atoms with E-state index in [1.54, 1.807) is 11.0 Å². The van der Waals surface area contributed by atoms with Crippen LogP contribution < -0.4 is 5.32 Å². The van der Waals surface area contributed by atoms with E-state index in [2.05, 4.69) is 21.2 Å². The van der Waals surface area contributed by atoms with Gasteiger partial charge in [-0.15, -0.1) is 0 Å². The van der Waals surface area contributed by atoms with Crippen molar-refractivity contribution in [3.05, 3.63) is 70.0 Å². The molecule has 1 atom stereocenters. The zero-order chi connectivity index (χ0) is 32.8. The van der Waals surface area contributed by atoms with E-state index in [4.69, 9.17) is 4.74 Å². The summed E-state index contributed by atoms with van der Waals surface area (Å²) in [6, 6.07) is 13.2. The van der Waals surface area contributed by atoms with Crippen molar-refractivity contribution >= 4 is 12.0 Å². The zero-order valence-electron chi connectivity index (χ0n) is 28.0. The van der Waals surface area contributed by atoms with Crippen molar-refractivity contribution in [2.45, 2.75) is 83.3 Å². The first-order chi connectivity index (χ1) is 22.0. The maximum atomic E-state index is 13.8. The predicted octanol–water partition coefficient (Wildman–Crippen LogP) is 5.74. The van der Waals surface area contributed by atoms with Gasteiger partial charge >= 0.3 is 6.09 Å². The van der Waals surface area contributed by atoms with Gasteiger partial charge in [0.25, 0.3) is 5.91 Å². The fourth-order valence-corrected chi connectivity index (χ4v) is 7.20. The first-order valence-corrected chi connectivity index (χ1v) is 17.0. The molecule has 3 aliphatic rings. The number of amides is 2. The second kappa shape index (κ2) is 15.0. The lowest BCUT2D eigenvalue weighted by atomic mass is 9.86. The molecule has 2 aromatic carbocycles. The first kappa shape index (κ1) is 33.9. The minimum absolute atomic E-state index is 0.0453. The second-order valence-electron chi connectivity index (χ2n) is 14.5. The van der Waals surface area contributed by atoms with Crippen LogP contribution in [0.15, 0.2) is 36.4 Å². The van der Waals surface area contributed by atoms with Gasteiger partial charge in [-0.2, -0.15) is 5.26 Å². The van der Waals surface area contributed by atoms with E-state index >= 15 is 0 Å². The van der Waals surface area contributed by atoms with Crippen LogP contribution in [0.25, 0.3) is 0 Å². The second-order valence-corrected chi connectivity index (χ2v) is 14.5. The lowest BCUT2D eigenvalue weighted by molar-refractivity contribution is 0.0120. The summed E-state index contributed by atoms with van der Waals surface area (Å²) >= 11 is 0. The van der Waals surface area contributed by atoms with Crippen LogP contribution in [0.3, 0.4) is 0 Å². The van der Waals surface area contributed by atoms with E-state index in [0.29, 0.717) is 36.2 Å². The Morgan fingerprint density at radius 1 is 1.11 bits per heavy atom. The van der Waals surface area contributed by atoms with E-state index in [1.165, 1.54) is 12.1 Å². The molecule has 0 saturated carbocycles. The normalized spacial score (nSPS) is 18.6. The van der Waals surface area contributed by atoms with Gasteiger partial charge in [-0.25, -0.2) is 9.18 Å². The largest absolute Gasteiger partial charge is 0.444 e. The number of halogens is 1. The van der Waals surface area contributed by atoms with Crippen LogP contribution in [-0.2, 0) is 17.6 Å². The highest BCUT2D eigenvalue weighted by atomic mass is 19.1. The van der Waals surface area contributed by atoms with E-state index in [0.717, 1.165) is 94.4 Å². The van der Waals surface area contributed by atoms with Gasteiger partial charge in [-0.1, -0.05) is 12.1 Å². The van der Waals surface area contributed by atoms with Crippen LogP contribution in [0.5, 0.6) is 0 Å². The summed E-state index contributed by atoms with van der Waals surface area (Å²) in [5.74, 6) is 0.235. The Morgan fingerprint density at radius 2 is 1.80 bits per heavy atom. The molecular weight excluding hydrogens is 581 g/mol. The van der Waals surface area contributed by atoms with Gasteiger partial charge in [-0.05, 0) is 132 Å². The number of nitrogens with one attached hydrogen (secondary N) is 1. The number of carbonyl (C=O) groups is 2. The monoisotopic (exact) mass is 631 g/mol. The number of rotatable bonds is 10. The number of likely N-dealkylation sites (N-methyl/N-ethyl adjacent to an activating group) is 1. The highest BCUT2D eigenvalue weighted by molar-refractivity contribution is 5.96. The molecule has 1 aliphatic carbocycles. The average molecular weight is 632 g/mol. The number of carbonyl (C=O) groups excluding carboxylic acids is 2. The lowest BCUT2D eigenvalue weighted by Crippen LogP contribution is -2.61. The Bertz CT molecular complexity index is 1400. The van der Waals surface area contributed by atoms with Gasteiger partial charge in [0.05, 0.1) is 11.6 Å². The van der Waals surface area contributed by atoms with E-state index in [-0.39, 0.29) is 23.7 Å². The molecule has 2 aliphatic heterocycles. The molecule has 0 aromatic heterocycles. The number of hydrogen-bond acceptors (Lipinski definition) is 6. The Morgan fingerprint density at radius 3 is 2.48 bits per heavy atom. The van der Waals surface area contributed by atoms with Gasteiger partial charge in [0.15, 0.2) is 0 Å². The van der Waals surface area contributed by atoms with E-state index in [9.17, 15) is 19.2 Å². The topological polar surface area (TPSA) is 88.9 Å². The third-order valence-electron chi connectivity index (χ3n) is 9.84. The van der Waals surface area contributed by atoms with Gasteiger partial charge in [-0.3, -0.25) is 9.69 Å². The predicted molar refractivity (Wildman–Crippen MR) is 177 cm³/mol. The summed E-state index contributed by atoms with van der Waals surface area (Å²) in [7, 11) is 1.85. The molecular formula is C37H50FN5O3. The van der Waals surface area contributed by atoms with Crippen LogP contribution in [0.1, 0.15) is 91.4 Å². The van der Waals surface area contributed by atoms with Crippen molar-refractivity contribution in [2.24, 2.45) is 5.92 Å². The Labute approximate surface area is 273 Å². The van der Waals surface area contributed by atoms with Crippen molar-refractivity contribution in [1.29, 1.82) is 5.26 Å². The molecule has 0 unspecified atom stereocenters. The molecule has 0 radical (unpaired) electrons. The Balaban J connectivity index is 1.12. The number of aryl methyl sites for hydroxylation is 1. The number of benzene rings is 2. The Kier molecular flexibility index (Phi) is 11.0. The molecule has 8 nitrogen and oxygen atoms in total. The summed E-state index contributed by atoms with van der Waals surface area (Å²) < 4.78 is 19.2. The van der Waals surface area contributed by atoms with Crippen LogP contribution >= 0.6 is 0 Å². The lowest BCUT2D eigenvalue weighted by Gasteiger charge is -2.48. The molecule has 9 heteroatoms. The number of ether oxygens (including phenoxy) is 1. The number of likely N-dealkylation sites (tertiary alicyclic amines) is 2. The highest BCUT2D eigenvalue weighted by Gasteiger charge is 2.34. The molecule has 0 bridgehead atoms. The van der Waals surface area contributed by atoms with Crippen molar-refractivity contribution in [3.63, 3.8) is 0 Å². The molecule has 5 rings (SSSR count). The zero-order valence-corrected chi connectivity index (χ0v) is 28.0. The molecule has 2 heterocycles. The molecule has 2 amide bonds. The number of hydrogen-bond donors (Lipinski definition) is 1. The van der Waals surface area contributed by atoms with E-state index < -0.39 is 5.60 Å². The molecule has 248 valence electrons. The maximum Gasteiger partial charge on any atom is 0.407 e. The van der Waals surface area contributed by atoms with Gasteiger partial charge in [0.2, 0.25) is 0 Å². The average Bonchev–Trinajstić information content (AvgIpc) is 3.01. The SMILES string of the molecule is CN(C[C@@H](CCN1CC(N2CCC(CNC(=O)OC(C)(C)C)CC2)C1)c1ccc(F)cc1)C(=O)c1cc(C#N)cc2c1CCCC2. The summed E-state index contributed by atoms with van der Waals surface area (Å²) in [4.78, 5) is 32.7. The van der Waals surface area contributed by atoms with Crippen molar-refractivity contribution < 1.29 is 18.7 Å². The summed E-state index contributed by atoms with van der Waals surface area (Å²) in [5, 5.41) is 12.5. The molecule has 1 N–H and O–H groups in total. The molecule has 0 spiro atoms. The van der Waals surface area contributed by atoms with Crippen molar-refractivity contribution in [3.8, 4) is 6.07 Å². The van der Waals surface area contributed by atoms with Gasteiger partial charge in [0.1, 0.15) is 11.4 Å².